The molecule has 0 aliphatic heterocycles. The highest BCUT2D eigenvalue weighted by molar-refractivity contribution is 5.58. The number of methoxy groups -OCH3 is 1. The Morgan fingerprint density at radius 3 is 2.25 bits per heavy atom. The Kier molecular flexibility index (Phi) is 3.73. The van der Waals surface area contributed by atoms with Gasteiger partial charge in [-0.25, -0.2) is 0 Å². The van der Waals surface area contributed by atoms with Crippen molar-refractivity contribution in [1.29, 1.82) is 0 Å². The van der Waals surface area contributed by atoms with Crippen molar-refractivity contribution in [3.05, 3.63) is 0 Å². The van der Waals surface area contributed by atoms with E-state index in [1.807, 2.05) is 25.9 Å². The van der Waals surface area contributed by atoms with Crippen molar-refractivity contribution in [3.63, 3.8) is 0 Å². The summed E-state index contributed by atoms with van der Waals surface area (Å²) in [5, 5.41) is 0. The van der Waals surface area contributed by atoms with E-state index in [0.29, 0.717) is 0 Å². The van der Waals surface area contributed by atoms with Gasteiger partial charge in [0.1, 0.15) is 0 Å². The van der Waals surface area contributed by atoms with Gasteiger partial charge in [-0.15, -0.1) is 0 Å². The Labute approximate surface area is 94.4 Å². The van der Waals surface area contributed by atoms with Crippen LogP contribution in [0.25, 0.3) is 0 Å². The predicted molar refractivity (Wildman–Crippen MR) is 61.2 cm³/mol. The maximum absolute atomic E-state index is 5.76. The van der Waals surface area contributed by atoms with Gasteiger partial charge in [0.2, 0.25) is 17.7 Å². The first kappa shape index (κ1) is 12.3. The molecule has 0 radical (unpaired) electrons. The van der Waals surface area contributed by atoms with Crippen LogP contribution in [0.5, 0.6) is 11.8 Å². The number of nitrogen functional groups attached to an aromatic ring is 2. The van der Waals surface area contributed by atoms with E-state index in [-0.39, 0.29) is 29.6 Å². The number of hydrogen-bond donors (Lipinski definition) is 2. The first-order chi connectivity index (χ1) is 7.45. The second kappa shape index (κ2) is 4.84. The molecule has 0 saturated carbocycles. The summed E-state index contributed by atoms with van der Waals surface area (Å²) in [7, 11) is 5.21. The van der Waals surface area contributed by atoms with E-state index in [2.05, 4.69) is 9.97 Å². The minimum atomic E-state index is -0.179. The summed E-state index contributed by atoms with van der Waals surface area (Å²) in [5.74, 6) is 0.506. The van der Waals surface area contributed by atoms with Crippen molar-refractivity contribution >= 4 is 11.6 Å². The number of ether oxygens (including phenoxy) is 2. The zero-order chi connectivity index (χ0) is 12.3. The van der Waals surface area contributed by atoms with Gasteiger partial charge in [0.05, 0.1) is 7.11 Å². The van der Waals surface area contributed by atoms with E-state index in [9.17, 15) is 0 Å². The maximum atomic E-state index is 5.76. The van der Waals surface area contributed by atoms with E-state index in [0.717, 1.165) is 0 Å². The SMILES string of the molecule is COc1nc(N)nc(OC(C)N(C)C)c1N. The average molecular weight is 227 g/mol. The lowest BCUT2D eigenvalue weighted by atomic mass is 10.5. The molecule has 0 aliphatic rings. The molecule has 1 unspecified atom stereocenters. The quantitative estimate of drug-likeness (QED) is 0.695. The molecule has 0 saturated heterocycles. The van der Waals surface area contributed by atoms with Crippen LogP contribution in [0.1, 0.15) is 6.92 Å². The van der Waals surface area contributed by atoms with Crippen molar-refractivity contribution in [3.8, 4) is 11.8 Å². The van der Waals surface area contributed by atoms with E-state index in [1.165, 1.54) is 7.11 Å². The van der Waals surface area contributed by atoms with Crippen LogP contribution < -0.4 is 20.9 Å². The summed E-state index contributed by atoms with van der Waals surface area (Å²) in [5.41, 5.74) is 11.5. The van der Waals surface area contributed by atoms with Gasteiger partial charge in [0.25, 0.3) is 0 Å². The number of aromatic nitrogens is 2. The molecule has 0 bridgehead atoms. The minimum absolute atomic E-state index is 0.0620. The van der Waals surface area contributed by atoms with Crippen molar-refractivity contribution in [2.75, 3.05) is 32.7 Å². The summed E-state index contributed by atoms with van der Waals surface area (Å²) in [4.78, 5) is 9.61. The van der Waals surface area contributed by atoms with Crippen molar-refractivity contribution < 1.29 is 9.47 Å². The fourth-order valence-electron chi connectivity index (χ4n) is 0.957. The number of rotatable bonds is 4. The number of hydrogen-bond acceptors (Lipinski definition) is 7. The highest BCUT2D eigenvalue weighted by Crippen LogP contribution is 2.29. The van der Waals surface area contributed by atoms with Gasteiger partial charge in [-0.1, -0.05) is 0 Å². The Hall–Kier alpha value is -1.76. The fraction of sp³-hybridized carbons (Fsp3) is 0.556. The third-order valence-corrected chi connectivity index (χ3v) is 2.10. The molecule has 16 heavy (non-hydrogen) atoms. The van der Waals surface area contributed by atoms with E-state index in [1.54, 1.807) is 0 Å². The summed E-state index contributed by atoms with van der Waals surface area (Å²) in [6, 6.07) is 0. The third kappa shape index (κ3) is 2.63. The number of nitrogens with two attached hydrogens (primary N) is 2. The van der Waals surface area contributed by atoms with Crippen LogP contribution in [0, 0.1) is 0 Å². The molecule has 1 aromatic heterocycles. The zero-order valence-corrected chi connectivity index (χ0v) is 9.89. The lowest BCUT2D eigenvalue weighted by Gasteiger charge is -2.21. The van der Waals surface area contributed by atoms with Crippen molar-refractivity contribution in [2.45, 2.75) is 13.2 Å². The highest BCUT2D eigenvalue weighted by Gasteiger charge is 2.15. The standard InChI is InChI=1S/C9H17N5O2/c1-5(14(2)3)16-8-6(10)7(15-4)12-9(11)13-8/h5H,10H2,1-4H3,(H2,11,12,13). The molecule has 0 spiro atoms. The Morgan fingerprint density at radius 1 is 1.19 bits per heavy atom. The lowest BCUT2D eigenvalue weighted by molar-refractivity contribution is 0.0775. The molecule has 7 nitrogen and oxygen atoms in total. The molecule has 0 amide bonds. The molecule has 4 N–H and O–H groups in total. The summed E-state index contributed by atoms with van der Waals surface area (Å²) < 4.78 is 10.5. The van der Waals surface area contributed by atoms with Crippen LogP contribution in [0.15, 0.2) is 0 Å². The van der Waals surface area contributed by atoms with Gasteiger partial charge >= 0.3 is 0 Å². The van der Waals surface area contributed by atoms with Crippen LogP contribution in [-0.4, -0.2) is 42.3 Å². The van der Waals surface area contributed by atoms with Crippen molar-refractivity contribution in [1.82, 2.24) is 14.9 Å². The third-order valence-electron chi connectivity index (χ3n) is 2.10. The summed E-state index contributed by atoms with van der Waals surface area (Å²) >= 11 is 0. The maximum Gasteiger partial charge on any atom is 0.247 e. The first-order valence-electron chi connectivity index (χ1n) is 4.75. The molecule has 1 heterocycles. The minimum Gasteiger partial charge on any atom is -0.479 e. The smallest absolute Gasteiger partial charge is 0.247 e. The van der Waals surface area contributed by atoms with Gasteiger partial charge in [-0.2, -0.15) is 9.97 Å². The van der Waals surface area contributed by atoms with Crippen LogP contribution >= 0.6 is 0 Å². The lowest BCUT2D eigenvalue weighted by Crippen LogP contribution is -2.30. The summed E-state index contributed by atoms with van der Waals surface area (Å²) in [6.07, 6.45) is -0.179. The van der Waals surface area contributed by atoms with Crippen LogP contribution in [0.2, 0.25) is 0 Å². The second-order valence-electron chi connectivity index (χ2n) is 3.49. The van der Waals surface area contributed by atoms with Crippen molar-refractivity contribution in [2.24, 2.45) is 0 Å². The van der Waals surface area contributed by atoms with Gasteiger partial charge < -0.3 is 20.9 Å². The zero-order valence-electron chi connectivity index (χ0n) is 9.89. The predicted octanol–water partition coefficient (Wildman–Crippen LogP) is -0.0640. The van der Waals surface area contributed by atoms with Crippen LogP contribution in [0.4, 0.5) is 11.6 Å². The Bertz CT molecular complexity index is 369. The molecular weight excluding hydrogens is 210 g/mol. The molecule has 90 valence electrons. The molecule has 0 aliphatic carbocycles. The topological polar surface area (TPSA) is 99.5 Å². The van der Waals surface area contributed by atoms with E-state index >= 15 is 0 Å². The molecule has 1 atom stereocenters. The Morgan fingerprint density at radius 2 is 1.75 bits per heavy atom. The fourth-order valence-corrected chi connectivity index (χ4v) is 0.957. The normalized spacial score (nSPS) is 12.6. The monoisotopic (exact) mass is 227 g/mol. The average Bonchev–Trinajstić information content (AvgIpc) is 2.22. The van der Waals surface area contributed by atoms with Gasteiger partial charge in [0, 0.05) is 0 Å². The Balaban J connectivity index is 2.99. The van der Waals surface area contributed by atoms with E-state index < -0.39 is 0 Å². The largest absolute Gasteiger partial charge is 0.479 e. The van der Waals surface area contributed by atoms with Crippen LogP contribution in [-0.2, 0) is 0 Å². The van der Waals surface area contributed by atoms with E-state index in [4.69, 9.17) is 20.9 Å². The molecule has 0 aromatic carbocycles. The summed E-state index contributed by atoms with van der Waals surface area (Å²) in [6.45, 7) is 1.87. The van der Waals surface area contributed by atoms with Gasteiger partial charge in [0.15, 0.2) is 11.9 Å². The van der Waals surface area contributed by atoms with Gasteiger partial charge in [-0.3, -0.25) is 4.90 Å². The first-order valence-corrected chi connectivity index (χ1v) is 4.75. The van der Waals surface area contributed by atoms with Gasteiger partial charge in [-0.05, 0) is 21.0 Å². The molecule has 1 rings (SSSR count). The second-order valence-corrected chi connectivity index (χ2v) is 3.49. The molecular formula is C9H17N5O2. The number of nitrogens with zero attached hydrogens (tertiary/aromatic N) is 3. The molecule has 7 heteroatoms. The highest BCUT2D eigenvalue weighted by atomic mass is 16.5. The van der Waals surface area contributed by atoms with Crippen LogP contribution in [0.3, 0.4) is 0 Å². The molecule has 0 fully saturated rings. The molecule has 1 aromatic rings. The number of anilines is 2.